The van der Waals surface area contributed by atoms with Gasteiger partial charge < -0.3 is 15.5 Å². The molecule has 0 aromatic rings. The predicted molar refractivity (Wildman–Crippen MR) is 36.8 cm³/mol. The number of carboxylic acid groups (broad SMARTS) is 1. The molecule has 3 N–H and O–H groups in total. The van der Waals surface area contributed by atoms with Crippen LogP contribution in [0.15, 0.2) is 0 Å². The maximum absolute atomic E-state index is 10.2. The van der Waals surface area contributed by atoms with Crippen LogP contribution in [0.25, 0.3) is 0 Å². The van der Waals surface area contributed by atoms with Crippen LogP contribution in [0.1, 0.15) is 6.92 Å². The molecule has 0 aliphatic heterocycles. The average Bonchev–Trinajstić information content (AvgIpc) is 1.88. The highest BCUT2D eigenvalue weighted by molar-refractivity contribution is 5.69. The van der Waals surface area contributed by atoms with Gasteiger partial charge in [-0.1, -0.05) is 6.92 Å². The highest BCUT2D eigenvalue weighted by atomic mass is 16.4. The summed E-state index contributed by atoms with van der Waals surface area (Å²) < 4.78 is 0. The van der Waals surface area contributed by atoms with Gasteiger partial charge in [0.05, 0.1) is 12.5 Å². The van der Waals surface area contributed by atoms with Gasteiger partial charge in [-0.3, -0.25) is 4.79 Å². The quantitative estimate of drug-likeness (QED) is 0.449. The molecule has 0 rings (SSSR count). The fraction of sp³-hybridized carbons (Fsp3) is 0.833. The lowest BCUT2D eigenvalue weighted by Gasteiger charge is -2.05. The molecule has 0 amide bonds. The second kappa shape index (κ2) is 5.20. The zero-order valence-corrected chi connectivity index (χ0v) is 6.00. The number of aliphatic hydroxyl groups excluding tert-OH is 1. The summed E-state index contributed by atoms with van der Waals surface area (Å²) >= 11 is 0. The number of carboxylic acids is 1. The van der Waals surface area contributed by atoms with Crippen molar-refractivity contribution in [3.63, 3.8) is 0 Å². The molecule has 10 heavy (non-hydrogen) atoms. The summed E-state index contributed by atoms with van der Waals surface area (Å²) in [5, 5.41) is 19.5. The summed E-state index contributed by atoms with van der Waals surface area (Å²) in [6, 6.07) is 0. The van der Waals surface area contributed by atoms with Gasteiger partial charge in [0.1, 0.15) is 0 Å². The lowest BCUT2D eigenvalue weighted by atomic mass is 10.2. The average molecular weight is 147 g/mol. The number of hydrogen-bond acceptors (Lipinski definition) is 3. The van der Waals surface area contributed by atoms with E-state index in [1.165, 1.54) is 0 Å². The summed E-state index contributed by atoms with van der Waals surface area (Å²) in [7, 11) is 0. The number of hydrogen-bond donors (Lipinski definition) is 3. The van der Waals surface area contributed by atoms with Gasteiger partial charge in [0.2, 0.25) is 0 Å². The Bertz CT molecular complexity index is 105. The first-order valence-corrected chi connectivity index (χ1v) is 3.23. The van der Waals surface area contributed by atoms with Crippen LogP contribution in [0.2, 0.25) is 0 Å². The molecule has 4 nitrogen and oxygen atoms in total. The third-order valence-electron chi connectivity index (χ3n) is 1.16. The lowest BCUT2D eigenvalue weighted by Crippen LogP contribution is -2.28. The first kappa shape index (κ1) is 9.39. The molecule has 0 radical (unpaired) electrons. The molecule has 0 spiro atoms. The fourth-order valence-electron chi connectivity index (χ4n) is 0.485. The molecule has 4 heteroatoms. The standard InChI is InChI=1S/C6H13NO3/c1-5(6(9)10)4-7-2-3-8/h5,7-8H,2-4H2,1H3,(H,9,10). The van der Waals surface area contributed by atoms with E-state index in [-0.39, 0.29) is 12.5 Å². The van der Waals surface area contributed by atoms with Crippen LogP contribution < -0.4 is 5.32 Å². The Labute approximate surface area is 59.9 Å². The molecule has 0 bridgehead atoms. The maximum atomic E-state index is 10.2. The number of aliphatic hydroxyl groups is 1. The number of aliphatic carboxylic acids is 1. The van der Waals surface area contributed by atoms with Gasteiger partial charge in [-0.25, -0.2) is 0 Å². The minimum absolute atomic E-state index is 0.0480. The van der Waals surface area contributed by atoms with Crippen molar-refractivity contribution in [3.8, 4) is 0 Å². The summed E-state index contributed by atoms with van der Waals surface area (Å²) in [6.07, 6.45) is 0. The predicted octanol–water partition coefficient (Wildman–Crippen LogP) is -0.711. The molecule has 0 saturated heterocycles. The van der Waals surface area contributed by atoms with E-state index in [9.17, 15) is 4.79 Å². The van der Waals surface area contributed by atoms with Crippen LogP contribution in [0, 0.1) is 5.92 Å². The van der Waals surface area contributed by atoms with Gasteiger partial charge in [0.15, 0.2) is 0 Å². The molecule has 1 atom stereocenters. The van der Waals surface area contributed by atoms with Gasteiger partial charge in [0, 0.05) is 13.1 Å². The third-order valence-corrected chi connectivity index (χ3v) is 1.16. The zero-order valence-electron chi connectivity index (χ0n) is 6.00. The van der Waals surface area contributed by atoms with Crippen LogP contribution in [-0.4, -0.2) is 35.9 Å². The van der Waals surface area contributed by atoms with Crippen LogP contribution in [-0.2, 0) is 4.79 Å². The summed E-state index contributed by atoms with van der Waals surface area (Å²) in [5.74, 6) is -1.20. The van der Waals surface area contributed by atoms with Crippen molar-refractivity contribution in [2.75, 3.05) is 19.7 Å². The molecule has 1 unspecified atom stereocenters. The molecular formula is C6H13NO3. The maximum Gasteiger partial charge on any atom is 0.307 e. The van der Waals surface area contributed by atoms with E-state index < -0.39 is 5.97 Å². The monoisotopic (exact) mass is 147 g/mol. The van der Waals surface area contributed by atoms with E-state index in [0.717, 1.165) is 0 Å². The van der Waals surface area contributed by atoms with Crippen molar-refractivity contribution in [2.24, 2.45) is 5.92 Å². The topological polar surface area (TPSA) is 69.6 Å². The molecule has 0 aromatic heterocycles. The highest BCUT2D eigenvalue weighted by Crippen LogP contribution is 1.89. The van der Waals surface area contributed by atoms with E-state index >= 15 is 0 Å². The van der Waals surface area contributed by atoms with E-state index in [2.05, 4.69) is 5.32 Å². The fourth-order valence-corrected chi connectivity index (χ4v) is 0.485. The van der Waals surface area contributed by atoms with Gasteiger partial charge >= 0.3 is 5.97 Å². The Morgan fingerprint density at radius 1 is 1.70 bits per heavy atom. The summed E-state index contributed by atoms with van der Waals surface area (Å²) in [6.45, 7) is 2.53. The lowest BCUT2D eigenvalue weighted by molar-refractivity contribution is -0.140. The van der Waals surface area contributed by atoms with Crippen molar-refractivity contribution in [2.45, 2.75) is 6.92 Å². The number of nitrogens with one attached hydrogen (secondary N) is 1. The number of rotatable bonds is 5. The van der Waals surface area contributed by atoms with Crippen molar-refractivity contribution in [3.05, 3.63) is 0 Å². The molecule has 0 fully saturated rings. The second-order valence-electron chi connectivity index (χ2n) is 2.17. The molecule has 0 aliphatic carbocycles. The van der Waals surface area contributed by atoms with Crippen LogP contribution in [0.5, 0.6) is 0 Å². The first-order valence-electron chi connectivity index (χ1n) is 3.23. The van der Waals surface area contributed by atoms with Crippen LogP contribution in [0.4, 0.5) is 0 Å². The highest BCUT2D eigenvalue weighted by Gasteiger charge is 2.08. The second-order valence-corrected chi connectivity index (χ2v) is 2.17. The Morgan fingerprint density at radius 2 is 2.30 bits per heavy atom. The van der Waals surface area contributed by atoms with Crippen molar-refractivity contribution in [1.82, 2.24) is 5.32 Å². The normalized spacial score (nSPS) is 13.0. The third kappa shape index (κ3) is 4.29. The smallest absolute Gasteiger partial charge is 0.307 e. The van der Waals surface area contributed by atoms with Crippen LogP contribution >= 0.6 is 0 Å². The SMILES string of the molecule is CC(CNCCO)C(=O)O. The Balaban J connectivity index is 3.21. The summed E-state index contributed by atoms with van der Waals surface area (Å²) in [4.78, 5) is 10.2. The molecule has 0 aliphatic rings. The van der Waals surface area contributed by atoms with Gasteiger partial charge in [0.25, 0.3) is 0 Å². The van der Waals surface area contributed by atoms with Gasteiger partial charge in [-0.15, -0.1) is 0 Å². The van der Waals surface area contributed by atoms with Gasteiger partial charge in [-0.2, -0.15) is 0 Å². The van der Waals surface area contributed by atoms with E-state index in [1.54, 1.807) is 6.92 Å². The minimum atomic E-state index is -0.814. The summed E-state index contributed by atoms with van der Waals surface area (Å²) in [5.41, 5.74) is 0. The largest absolute Gasteiger partial charge is 0.481 e. The first-order chi connectivity index (χ1) is 4.68. The van der Waals surface area contributed by atoms with Gasteiger partial charge in [-0.05, 0) is 0 Å². The van der Waals surface area contributed by atoms with Crippen molar-refractivity contribution in [1.29, 1.82) is 0 Å². The Morgan fingerprint density at radius 3 is 2.70 bits per heavy atom. The molecular weight excluding hydrogens is 134 g/mol. The van der Waals surface area contributed by atoms with Crippen molar-refractivity contribution < 1.29 is 15.0 Å². The Kier molecular flexibility index (Phi) is 4.88. The van der Waals surface area contributed by atoms with E-state index in [1.807, 2.05) is 0 Å². The molecule has 0 heterocycles. The minimum Gasteiger partial charge on any atom is -0.481 e. The number of carbonyl (C=O) groups is 1. The molecule has 0 aromatic carbocycles. The molecule has 60 valence electrons. The zero-order chi connectivity index (χ0) is 7.98. The van der Waals surface area contributed by atoms with E-state index in [0.29, 0.717) is 13.1 Å². The molecule has 0 saturated carbocycles. The Hall–Kier alpha value is -0.610. The van der Waals surface area contributed by atoms with Crippen LogP contribution in [0.3, 0.4) is 0 Å². The van der Waals surface area contributed by atoms with Crippen molar-refractivity contribution >= 4 is 5.97 Å². The van der Waals surface area contributed by atoms with E-state index in [4.69, 9.17) is 10.2 Å².